The van der Waals surface area contributed by atoms with E-state index < -0.39 is 5.97 Å². The molecule has 3 aromatic rings. The van der Waals surface area contributed by atoms with Gasteiger partial charge in [0.15, 0.2) is 0 Å². The van der Waals surface area contributed by atoms with Crippen LogP contribution in [0.25, 0.3) is 10.9 Å². The maximum absolute atomic E-state index is 11.3. The second-order valence-corrected chi connectivity index (χ2v) is 4.93. The summed E-state index contributed by atoms with van der Waals surface area (Å²) in [5, 5.41) is 13.7. The van der Waals surface area contributed by atoms with Crippen LogP contribution in [0.1, 0.15) is 10.4 Å². The maximum atomic E-state index is 11.3. The van der Waals surface area contributed by atoms with Crippen LogP contribution in [-0.4, -0.2) is 16.1 Å². The Kier molecular flexibility index (Phi) is 3.46. The zero-order chi connectivity index (χ0) is 14.8. The maximum Gasteiger partial charge on any atom is 0.337 e. The lowest BCUT2D eigenvalue weighted by Crippen LogP contribution is -2.03. The standard InChI is InChI=1S/C16H11ClN2O2/c17-10-6-7-15(12(9-10)16(20)21)19-14-5-1-4-13-11(14)3-2-8-18-13/h1-9,19H,(H,20,21). The number of fused-ring (bicyclic) bond motifs is 1. The number of nitrogens with zero attached hydrogens (tertiary/aromatic N) is 1. The molecular weight excluding hydrogens is 288 g/mol. The van der Waals surface area contributed by atoms with Gasteiger partial charge in [-0.15, -0.1) is 0 Å². The van der Waals surface area contributed by atoms with Crippen molar-refractivity contribution in [3.8, 4) is 0 Å². The Morgan fingerprint density at radius 3 is 2.76 bits per heavy atom. The zero-order valence-corrected chi connectivity index (χ0v) is 11.6. The molecule has 0 saturated heterocycles. The fourth-order valence-corrected chi connectivity index (χ4v) is 2.33. The number of aromatic nitrogens is 1. The van der Waals surface area contributed by atoms with Crippen molar-refractivity contribution in [3.63, 3.8) is 0 Å². The molecule has 1 heterocycles. The number of halogens is 1. The van der Waals surface area contributed by atoms with Crippen LogP contribution in [0.3, 0.4) is 0 Å². The molecule has 0 bridgehead atoms. The van der Waals surface area contributed by atoms with Crippen molar-refractivity contribution < 1.29 is 9.90 Å². The number of rotatable bonds is 3. The fraction of sp³-hybridized carbons (Fsp3) is 0. The molecule has 0 saturated carbocycles. The van der Waals surface area contributed by atoms with Gasteiger partial charge in [0, 0.05) is 22.3 Å². The number of nitrogens with one attached hydrogen (secondary N) is 1. The van der Waals surface area contributed by atoms with Gasteiger partial charge in [-0.1, -0.05) is 17.7 Å². The Labute approximate surface area is 126 Å². The SMILES string of the molecule is O=C(O)c1cc(Cl)ccc1Nc1cccc2ncccc12. The van der Waals surface area contributed by atoms with Gasteiger partial charge in [-0.25, -0.2) is 4.79 Å². The highest BCUT2D eigenvalue weighted by Gasteiger charge is 2.12. The van der Waals surface area contributed by atoms with E-state index in [0.717, 1.165) is 16.6 Å². The van der Waals surface area contributed by atoms with E-state index in [1.165, 1.54) is 6.07 Å². The van der Waals surface area contributed by atoms with Crippen molar-refractivity contribution in [2.75, 3.05) is 5.32 Å². The Morgan fingerprint density at radius 1 is 1.10 bits per heavy atom. The van der Waals surface area contributed by atoms with E-state index in [2.05, 4.69) is 10.3 Å². The van der Waals surface area contributed by atoms with Gasteiger partial charge in [0.05, 0.1) is 16.8 Å². The molecule has 1 aromatic heterocycles. The number of carboxylic acids is 1. The highest BCUT2D eigenvalue weighted by atomic mass is 35.5. The smallest absolute Gasteiger partial charge is 0.337 e. The number of carboxylic acid groups (broad SMARTS) is 1. The Hall–Kier alpha value is -2.59. The van der Waals surface area contributed by atoms with Crippen LogP contribution in [0, 0.1) is 0 Å². The molecule has 0 unspecified atom stereocenters. The van der Waals surface area contributed by atoms with E-state index in [9.17, 15) is 9.90 Å². The predicted octanol–water partition coefficient (Wildman–Crippen LogP) is 4.33. The van der Waals surface area contributed by atoms with Crippen molar-refractivity contribution >= 4 is 39.8 Å². The average Bonchev–Trinajstić information content (AvgIpc) is 2.49. The molecule has 2 aromatic carbocycles. The highest BCUT2D eigenvalue weighted by molar-refractivity contribution is 6.31. The van der Waals surface area contributed by atoms with Crippen molar-refractivity contribution in [3.05, 3.63) is 65.3 Å². The minimum atomic E-state index is -1.03. The number of hydrogen-bond donors (Lipinski definition) is 2. The quantitative estimate of drug-likeness (QED) is 0.755. The first-order valence-corrected chi connectivity index (χ1v) is 6.66. The molecule has 0 fully saturated rings. The lowest BCUT2D eigenvalue weighted by Gasteiger charge is -2.12. The van der Waals surface area contributed by atoms with Crippen LogP contribution in [0.2, 0.25) is 5.02 Å². The van der Waals surface area contributed by atoms with Crippen LogP contribution in [0.5, 0.6) is 0 Å². The molecule has 0 atom stereocenters. The average molecular weight is 299 g/mol. The van der Waals surface area contributed by atoms with E-state index in [0.29, 0.717) is 10.7 Å². The molecule has 0 amide bonds. The van der Waals surface area contributed by atoms with Gasteiger partial charge in [0.2, 0.25) is 0 Å². The summed E-state index contributed by atoms with van der Waals surface area (Å²) in [7, 11) is 0. The first-order valence-electron chi connectivity index (χ1n) is 6.29. The summed E-state index contributed by atoms with van der Waals surface area (Å²) in [6.07, 6.45) is 1.72. The number of pyridine rings is 1. The summed E-state index contributed by atoms with van der Waals surface area (Å²) < 4.78 is 0. The van der Waals surface area contributed by atoms with Crippen LogP contribution < -0.4 is 5.32 Å². The molecule has 0 aliphatic carbocycles. The first-order chi connectivity index (χ1) is 10.1. The minimum Gasteiger partial charge on any atom is -0.478 e. The molecular formula is C16H11ClN2O2. The second kappa shape index (κ2) is 5.42. The Bertz CT molecular complexity index is 828. The van der Waals surface area contributed by atoms with Crippen LogP contribution >= 0.6 is 11.6 Å². The number of anilines is 2. The van der Waals surface area contributed by atoms with E-state index in [-0.39, 0.29) is 5.56 Å². The molecule has 4 nitrogen and oxygen atoms in total. The molecule has 2 N–H and O–H groups in total. The van der Waals surface area contributed by atoms with E-state index in [1.807, 2.05) is 30.3 Å². The molecule has 0 radical (unpaired) electrons. The van der Waals surface area contributed by atoms with Gasteiger partial charge >= 0.3 is 5.97 Å². The third-order valence-corrected chi connectivity index (χ3v) is 3.36. The van der Waals surface area contributed by atoms with Crippen LogP contribution in [0.4, 0.5) is 11.4 Å². The van der Waals surface area contributed by atoms with Crippen molar-refractivity contribution in [1.29, 1.82) is 0 Å². The Balaban J connectivity index is 2.09. The summed E-state index contributed by atoms with van der Waals surface area (Å²) in [4.78, 5) is 15.6. The van der Waals surface area contributed by atoms with E-state index in [1.54, 1.807) is 18.3 Å². The summed E-state index contributed by atoms with van der Waals surface area (Å²) in [5.41, 5.74) is 2.26. The molecule has 5 heteroatoms. The first kappa shape index (κ1) is 13.4. The number of hydrogen-bond acceptors (Lipinski definition) is 3. The van der Waals surface area contributed by atoms with Crippen LogP contribution in [0.15, 0.2) is 54.7 Å². The summed E-state index contributed by atoms with van der Waals surface area (Å²) >= 11 is 5.86. The Morgan fingerprint density at radius 2 is 1.95 bits per heavy atom. The number of carbonyl (C=O) groups is 1. The predicted molar refractivity (Wildman–Crippen MR) is 83.4 cm³/mol. The monoisotopic (exact) mass is 298 g/mol. The topological polar surface area (TPSA) is 62.2 Å². The molecule has 0 aliphatic rings. The molecule has 0 spiro atoms. The second-order valence-electron chi connectivity index (χ2n) is 4.50. The highest BCUT2D eigenvalue weighted by Crippen LogP contribution is 2.28. The van der Waals surface area contributed by atoms with Gasteiger partial charge in [0.1, 0.15) is 0 Å². The molecule has 0 aliphatic heterocycles. The zero-order valence-electron chi connectivity index (χ0n) is 10.9. The molecule has 3 rings (SSSR count). The summed E-state index contributed by atoms with van der Waals surface area (Å²) in [6, 6.07) is 14.2. The van der Waals surface area contributed by atoms with Gasteiger partial charge < -0.3 is 10.4 Å². The largest absolute Gasteiger partial charge is 0.478 e. The fourth-order valence-electron chi connectivity index (χ4n) is 2.16. The third kappa shape index (κ3) is 2.66. The van der Waals surface area contributed by atoms with Crippen molar-refractivity contribution in [2.45, 2.75) is 0 Å². The number of benzene rings is 2. The van der Waals surface area contributed by atoms with Crippen LogP contribution in [-0.2, 0) is 0 Å². The van der Waals surface area contributed by atoms with E-state index >= 15 is 0 Å². The van der Waals surface area contributed by atoms with Crippen molar-refractivity contribution in [2.24, 2.45) is 0 Å². The normalized spacial score (nSPS) is 10.5. The molecule has 104 valence electrons. The lowest BCUT2D eigenvalue weighted by molar-refractivity contribution is 0.0698. The van der Waals surface area contributed by atoms with Gasteiger partial charge in [0.25, 0.3) is 0 Å². The summed E-state index contributed by atoms with van der Waals surface area (Å²) in [5.74, 6) is -1.03. The van der Waals surface area contributed by atoms with Gasteiger partial charge in [-0.2, -0.15) is 0 Å². The van der Waals surface area contributed by atoms with Crippen molar-refractivity contribution in [1.82, 2.24) is 4.98 Å². The lowest BCUT2D eigenvalue weighted by atomic mass is 10.1. The number of aromatic carboxylic acids is 1. The van der Waals surface area contributed by atoms with E-state index in [4.69, 9.17) is 11.6 Å². The summed E-state index contributed by atoms with van der Waals surface area (Å²) in [6.45, 7) is 0. The molecule has 21 heavy (non-hydrogen) atoms. The third-order valence-electron chi connectivity index (χ3n) is 3.13. The van der Waals surface area contributed by atoms with Gasteiger partial charge in [-0.3, -0.25) is 4.98 Å². The minimum absolute atomic E-state index is 0.128. The van der Waals surface area contributed by atoms with Gasteiger partial charge in [-0.05, 0) is 42.5 Å².